The van der Waals surface area contributed by atoms with Crippen LogP contribution in [0.5, 0.6) is 0 Å². The molecule has 0 spiro atoms. The van der Waals surface area contributed by atoms with Crippen molar-refractivity contribution in [1.82, 2.24) is 0 Å². The highest BCUT2D eigenvalue weighted by Crippen LogP contribution is 2.67. The van der Waals surface area contributed by atoms with Crippen LogP contribution in [0.15, 0.2) is 35.2 Å². The standard InChI is InChI=1S/C20H22O7/c1-18-8-13(10-4-6-25-9-10)26-16(22)11(18)7-14(21)19(2)15(18)12-3-5-20(19,24)17(23)27-12/h3-6,9,11-15,21,24H,7-8H2,1-2H3/t11-,12+,13-,14?,15?,18+,19?,20-/m0/s1. The van der Waals surface area contributed by atoms with Crippen LogP contribution in [0.2, 0.25) is 0 Å². The van der Waals surface area contributed by atoms with Gasteiger partial charge >= 0.3 is 11.9 Å². The molecule has 2 aliphatic carbocycles. The third kappa shape index (κ3) is 1.84. The monoisotopic (exact) mass is 374 g/mol. The molecule has 2 N–H and O–H groups in total. The van der Waals surface area contributed by atoms with E-state index in [9.17, 15) is 19.8 Å². The molecule has 6 rings (SSSR count). The van der Waals surface area contributed by atoms with Gasteiger partial charge in [0.25, 0.3) is 0 Å². The fourth-order valence-corrected chi connectivity index (χ4v) is 6.13. The Labute approximate surface area is 155 Å². The number of fused-ring (bicyclic) bond motifs is 2. The molecule has 4 heterocycles. The Bertz CT molecular complexity index is 845. The second kappa shape index (κ2) is 5.02. The maximum Gasteiger partial charge on any atom is 0.343 e. The summed E-state index contributed by atoms with van der Waals surface area (Å²) in [5.41, 5.74) is -2.92. The summed E-state index contributed by atoms with van der Waals surface area (Å²) in [4.78, 5) is 25.3. The average molecular weight is 374 g/mol. The lowest BCUT2D eigenvalue weighted by molar-refractivity contribution is -0.284. The van der Waals surface area contributed by atoms with Gasteiger partial charge in [-0.3, -0.25) is 4.79 Å². The molecule has 8 atom stereocenters. The van der Waals surface area contributed by atoms with Crippen molar-refractivity contribution >= 4 is 11.9 Å². The van der Waals surface area contributed by atoms with E-state index in [1.807, 2.05) is 6.92 Å². The van der Waals surface area contributed by atoms with Gasteiger partial charge in [-0.15, -0.1) is 0 Å². The normalized spacial score (nSPS) is 50.6. The van der Waals surface area contributed by atoms with Gasteiger partial charge in [0.1, 0.15) is 12.2 Å². The van der Waals surface area contributed by atoms with Gasteiger partial charge in [-0.25, -0.2) is 4.79 Å². The van der Waals surface area contributed by atoms with E-state index >= 15 is 0 Å². The molecule has 144 valence electrons. The number of rotatable bonds is 1. The van der Waals surface area contributed by atoms with Gasteiger partial charge in [-0.05, 0) is 36.5 Å². The minimum atomic E-state index is -1.91. The zero-order valence-corrected chi connectivity index (χ0v) is 15.1. The molecule has 2 saturated heterocycles. The number of carbonyl (C=O) groups excluding carboxylic acids is 2. The minimum absolute atomic E-state index is 0.136. The van der Waals surface area contributed by atoms with E-state index in [1.165, 1.54) is 12.3 Å². The fraction of sp³-hybridized carbons (Fsp3) is 0.600. The Morgan fingerprint density at radius 2 is 2.00 bits per heavy atom. The maximum absolute atomic E-state index is 12.9. The molecule has 2 bridgehead atoms. The molecule has 3 unspecified atom stereocenters. The Balaban J connectivity index is 1.64. The summed E-state index contributed by atoms with van der Waals surface area (Å²) < 4.78 is 16.3. The largest absolute Gasteiger partial charge is 0.472 e. The van der Waals surface area contributed by atoms with Crippen LogP contribution in [-0.4, -0.2) is 40.0 Å². The number of furan rings is 1. The zero-order valence-electron chi connectivity index (χ0n) is 15.1. The Hall–Kier alpha value is -2.12. The Morgan fingerprint density at radius 3 is 2.67 bits per heavy atom. The first-order valence-electron chi connectivity index (χ1n) is 9.25. The lowest BCUT2D eigenvalue weighted by Gasteiger charge is -2.67. The molecule has 3 fully saturated rings. The van der Waals surface area contributed by atoms with Crippen LogP contribution in [0.4, 0.5) is 0 Å². The summed E-state index contributed by atoms with van der Waals surface area (Å²) in [7, 11) is 0. The third-order valence-corrected chi connectivity index (χ3v) is 7.62. The van der Waals surface area contributed by atoms with E-state index in [1.54, 1.807) is 25.3 Å². The van der Waals surface area contributed by atoms with Gasteiger partial charge in [-0.1, -0.05) is 13.8 Å². The van der Waals surface area contributed by atoms with Gasteiger partial charge in [0, 0.05) is 16.9 Å². The van der Waals surface area contributed by atoms with Crippen LogP contribution < -0.4 is 0 Å². The van der Waals surface area contributed by atoms with Crippen molar-refractivity contribution in [3.63, 3.8) is 0 Å². The number of hydrogen-bond acceptors (Lipinski definition) is 7. The van der Waals surface area contributed by atoms with Crippen molar-refractivity contribution in [2.75, 3.05) is 0 Å². The van der Waals surface area contributed by atoms with Crippen molar-refractivity contribution in [2.24, 2.45) is 22.7 Å². The molecule has 1 saturated carbocycles. The molecule has 5 aliphatic rings. The fourth-order valence-electron chi connectivity index (χ4n) is 6.13. The third-order valence-electron chi connectivity index (χ3n) is 7.62. The van der Waals surface area contributed by atoms with E-state index in [0.717, 1.165) is 5.56 Å². The van der Waals surface area contributed by atoms with Gasteiger partial charge < -0.3 is 24.1 Å². The van der Waals surface area contributed by atoms with Crippen molar-refractivity contribution in [3.8, 4) is 0 Å². The van der Waals surface area contributed by atoms with Gasteiger partial charge in [-0.2, -0.15) is 0 Å². The molecule has 1 aromatic rings. The molecule has 7 heteroatoms. The maximum atomic E-state index is 12.9. The van der Waals surface area contributed by atoms with E-state index in [0.29, 0.717) is 6.42 Å². The number of cyclic esters (lactones) is 1. The minimum Gasteiger partial charge on any atom is -0.472 e. The second-order valence-electron chi connectivity index (χ2n) is 8.75. The number of aliphatic hydroxyl groups excluding tert-OH is 1. The predicted molar refractivity (Wildman–Crippen MR) is 89.9 cm³/mol. The van der Waals surface area contributed by atoms with Crippen LogP contribution in [0.1, 0.15) is 38.4 Å². The number of aliphatic hydroxyl groups is 2. The van der Waals surface area contributed by atoms with Gasteiger partial charge in [0.15, 0.2) is 5.60 Å². The van der Waals surface area contributed by atoms with Crippen molar-refractivity contribution in [3.05, 3.63) is 36.3 Å². The first-order valence-corrected chi connectivity index (χ1v) is 9.25. The molecule has 27 heavy (non-hydrogen) atoms. The first kappa shape index (κ1) is 17.0. The van der Waals surface area contributed by atoms with E-state index in [-0.39, 0.29) is 12.4 Å². The summed E-state index contributed by atoms with van der Waals surface area (Å²) in [5.74, 6) is -2.07. The summed E-state index contributed by atoms with van der Waals surface area (Å²) in [6.45, 7) is 3.71. The summed E-state index contributed by atoms with van der Waals surface area (Å²) in [6.07, 6.45) is 4.72. The van der Waals surface area contributed by atoms with Crippen LogP contribution in [-0.2, 0) is 19.1 Å². The lowest BCUT2D eigenvalue weighted by Crippen LogP contribution is -2.76. The van der Waals surface area contributed by atoms with Gasteiger partial charge in [0.05, 0.1) is 24.5 Å². The first-order chi connectivity index (χ1) is 12.7. The van der Waals surface area contributed by atoms with Crippen molar-refractivity contribution in [1.29, 1.82) is 0 Å². The molecule has 7 nitrogen and oxygen atoms in total. The number of hydrogen-bond donors (Lipinski definition) is 2. The predicted octanol–water partition coefficient (Wildman–Crippen LogP) is 1.50. The molecule has 0 amide bonds. The van der Waals surface area contributed by atoms with Crippen LogP contribution >= 0.6 is 0 Å². The van der Waals surface area contributed by atoms with E-state index in [4.69, 9.17) is 13.9 Å². The van der Waals surface area contributed by atoms with Gasteiger partial charge in [0.2, 0.25) is 0 Å². The second-order valence-corrected chi connectivity index (χ2v) is 8.75. The Morgan fingerprint density at radius 1 is 1.22 bits per heavy atom. The molecule has 3 aliphatic heterocycles. The molecule has 0 radical (unpaired) electrons. The highest BCUT2D eigenvalue weighted by atomic mass is 16.6. The van der Waals surface area contributed by atoms with E-state index in [2.05, 4.69) is 0 Å². The zero-order chi connectivity index (χ0) is 19.2. The molecular formula is C20H22O7. The summed E-state index contributed by atoms with van der Waals surface area (Å²) in [6, 6.07) is 1.76. The highest BCUT2D eigenvalue weighted by molar-refractivity contribution is 5.86. The topological polar surface area (TPSA) is 106 Å². The van der Waals surface area contributed by atoms with Crippen molar-refractivity contribution in [2.45, 2.75) is 50.6 Å². The average Bonchev–Trinajstić information content (AvgIpc) is 3.14. The lowest BCUT2D eigenvalue weighted by atomic mass is 9.41. The highest BCUT2D eigenvalue weighted by Gasteiger charge is 2.75. The smallest absolute Gasteiger partial charge is 0.343 e. The number of ether oxygens (including phenoxy) is 2. The Kier molecular flexibility index (Phi) is 3.17. The summed E-state index contributed by atoms with van der Waals surface area (Å²) in [5, 5.41) is 22.1. The summed E-state index contributed by atoms with van der Waals surface area (Å²) >= 11 is 0. The number of esters is 2. The molecular weight excluding hydrogens is 352 g/mol. The van der Waals surface area contributed by atoms with Crippen molar-refractivity contribution < 1.29 is 33.7 Å². The molecule has 0 aromatic carbocycles. The molecule has 1 aromatic heterocycles. The van der Waals surface area contributed by atoms with Crippen LogP contribution in [0.3, 0.4) is 0 Å². The quantitative estimate of drug-likeness (QED) is 0.567. The van der Waals surface area contributed by atoms with Crippen LogP contribution in [0, 0.1) is 22.7 Å². The van der Waals surface area contributed by atoms with E-state index < -0.39 is 52.5 Å². The SMILES string of the molecule is CC12C(O)C[C@H]3C(=O)O[C@H](c4ccoc4)C[C@@]3(C)C1[C@H]1C=C[C@]2(O)C(=O)O1. The van der Waals surface area contributed by atoms with Crippen LogP contribution in [0.25, 0.3) is 0 Å². The number of carbonyl (C=O) groups is 2.